The van der Waals surface area contributed by atoms with E-state index in [2.05, 4.69) is 150 Å². The molecule has 0 aromatic heterocycles. The van der Waals surface area contributed by atoms with E-state index in [1.807, 2.05) is 103 Å². The molecule has 14 nitrogen and oxygen atoms in total. The number of piperidine rings is 1. The van der Waals surface area contributed by atoms with Crippen molar-refractivity contribution in [1.82, 2.24) is 20.0 Å². The van der Waals surface area contributed by atoms with Crippen molar-refractivity contribution < 1.29 is 44.9 Å². The van der Waals surface area contributed by atoms with Gasteiger partial charge in [-0.2, -0.15) is 0 Å². The monoisotopic (exact) mass is 1460 g/mol. The summed E-state index contributed by atoms with van der Waals surface area (Å²) in [6, 6.07) is 78.8. The molecule has 5 fully saturated rings. The highest BCUT2D eigenvalue weighted by Crippen LogP contribution is 2.49. The molecule has 4 saturated heterocycles. The molecular weight excluding hydrogens is 1360 g/mol. The first-order valence-corrected chi connectivity index (χ1v) is 37.7. The fourth-order valence-corrected chi connectivity index (χ4v) is 15.3. The summed E-state index contributed by atoms with van der Waals surface area (Å²) in [4.78, 5) is 19.7. The van der Waals surface area contributed by atoms with E-state index in [4.69, 9.17) is 9.47 Å². The average Bonchev–Trinajstić information content (AvgIpc) is 1.60. The third-order valence-corrected chi connectivity index (χ3v) is 21.0. The van der Waals surface area contributed by atoms with Gasteiger partial charge in [0.25, 0.3) is 0 Å². The molecule has 1 aliphatic carbocycles. The Balaban J connectivity index is 0.000000147. The standard InChI is InChI=1S/C31H35N3O3.C31H35NO4.C27H28BrNO2/c35-16-4-7-29(22-5-2-1-3-6-22)31(24-10-14-28(36)15-11-24)23-8-12-27(13-9-23)33-30(37)21-34-19-25-17-32-18-26(25)20-34;33-17-4-7-28(22-5-2-1-3-6-22)31(23-8-12-26(35)13-9-23)24-10-14-27(15-11-24)36-18-16-32-20-25-19-29(25)30(32)21-34;28-24-12-8-22(9-13-24)27(26(7-4-19-30)21-5-2-1-3-6-21)23-10-14-25(15-11-23)31-20-18-29-16-17-29/h1-3,5-6,8-15,25-26,32,35-36H,4,7,16-21H2,(H,33,37);1-3,5-6,8-15,25,29-30,33-35H,4,7,16-21H2;1-3,5-6,8-15,30H,4,7,16-20H2/b31-29+;31-28-;27-26-/t25-,26+;25-,29-,30-;/m.1./s1. The van der Waals surface area contributed by atoms with Crippen molar-refractivity contribution in [3.8, 4) is 23.0 Å². The predicted octanol–water partition coefficient (Wildman–Crippen LogP) is 14.9. The molecular formula is C89H98BrN5O9. The number of nitrogens with one attached hydrogen (secondary N) is 2. The molecule has 0 spiro atoms. The number of allylic oxidation sites excluding steroid dienone is 3. The summed E-state index contributed by atoms with van der Waals surface area (Å²) < 4.78 is 13.1. The highest BCUT2D eigenvalue weighted by Gasteiger charge is 2.51. The van der Waals surface area contributed by atoms with Crippen LogP contribution < -0.4 is 20.1 Å². The first-order chi connectivity index (χ1) is 51.0. The van der Waals surface area contributed by atoms with E-state index in [0.29, 0.717) is 56.2 Å². The Labute approximate surface area is 621 Å². The molecule has 9 aromatic carbocycles. The van der Waals surface area contributed by atoms with Crippen LogP contribution in [-0.4, -0.2) is 162 Å². The van der Waals surface area contributed by atoms with Crippen molar-refractivity contribution in [2.75, 3.05) is 110 Å². The second kappa shape index (κ2) is 37.6. The van der Waals surface area contributed by atoms with Gasteiger partial charge in [-0.05, 0) is 238 Å². The Morgan fingerprint density at radius 3 is 1.22 bits per heavy atom. The summed E-state index contributed by atoms with van der Waals surface area (Å²) in [5.41, 5.74) is 17.4. The fraction of sp³-hybridized carbons (Fsp3) is 0.315. The van der Waals surface area contributed by atoms with Crippen molar-refractivity contribution in [1.29, 1.82) is 0 Å². The third kappa shape index (κ3) is 20.5. The van der Waals surface area contributed by atoms with Gasteiger partial charge in [0.2, 0.25) is 5.91 Å². The van der Waals surface area contributed by atoms with Gasteiger partial charge < -0.3 is 50.7 Å². The minimum Gasteiger partial charge on any atom is -0.508 e. The molecule has 5 aliphatic rings. The number of amides is 1. The molecule has 0 bridgehead atoms. The number of phenols is 2. The number of carbonyl (C=O) groups excluding carboxylic acids is 1. The maximum Gasteiger partial charge on any atom is 0.238 e. The number of fused-ring (bicyclic) bond motifs is 2. The van der Waals surface area contributed by atoms with Crippen molar-refractivity contribution in [3.05, 3.63) is 291 Å². The van der Waals surface area contributed by atoms with Crippen LogP contribution in [0.5, 0.6) is 23.0 Å². The van der Waals surface area contributed by atoms with Crippen LogP contribution in [0.25, 0.3) is 33.4 Å². The van der Waals surface area contributed by atoms with E-state index in [1.165, 1.54) is 36.2 Å². The number of likely N-dealkylation sites (tertiary alicyclic amines) is 2. The number of carbonyl (C=O) groups is 1. The molecule has 0 radical (unpaired) electrons. The zero-order valence-electron chi connectivity index (χ0n) is 59.3. The first-order valence-electron chi connectivity index (χ1n) is 36.9. The van der Waals surface area contributed by atoms with E-state index in [-0.39, 0.29) is 43.8 Å². The second-order valence-corrected chi connectivity index (χ2v) is 28.6. The Morgan fingerprint density at radius 1 is 0.442 bits per heavy atom. The Hall–Kier alpha value is -8.97. The van der Waals surface area contributed by atoms with Crippen molar-refractivity contribution in [3.63, 3.8) is 0 Å². The van der Waals surface area contributed by atoms with E-state index >= 15 is 0 Å². The number of hydrogen-bond acceptors (Lipinski definition) is 13. The van der Waals surface area contributed by atoms with Gasteiger partial charge in [-0.3, -0.25) is 19.5 Å². The van der Waals surface area contributed by atoms with E-state index in [9.17, 15) is 35.4 Å². The molecule has 1 amide bonds. The highest BCUT2D eigenvalue weighted by atomic mass is 79.9. The maximum absolute atomic E-state index is 12.7. The number of halogens is 1. The Morgan fingerprint density at radius 2 is 0.827 bits per heavy atom. The predicted molar refractivity (Wildman–Crippen MR) is 422 cm³/mol. The van der Waals surface area contributed by atoms with Gasteiger partial charge in [-0.15, -0.1) is 0 Å². The zero-order valence-corrected chi connectivity index (χ0v) is 60.9. The van der Waals surface area contributed by atoms with Crippen LogP contribution in [0, 0.1) is 23.7 Å². The van der Waals surface area contributed by atoms with Gasteiger partial charge in [0.15, 0.2) is 0 Å². The summed E-state index contributed by atoms with van der Waals surface area (Å²) in [6.45, 7) is 11.8. The highest BCUT2D eigenvalue weighted by molar-refractivity contribution is 9.10. The number of nitrogens with zero attached hydrogens (tertiary/aromatic N) is 3. The van der Waals surface area contributed by atoms with Crippen LogP contribution in [0.3, 0.4) is 0 Å². The summed E-state index contributed by atoms with van der Waals surface area (Å²) in [5, 5.41) is 64.7. The molecule has 5 atom stereocenters. The second-order valence-electron chi connectivity index (χ2n) is 27.7. The van der Waals surface area contributed by atoms with Gasteiger partial charge in [0.05, 0.1) is 13.2 Å². The van der Waals surface area contributed by atoms with Crippen LogP contribution >= 0.6 is 15.9 Å². The fourth-order valence-electron chi connectivity index (χ4n) is 15.0. The lowest BCUT2D eigenvalue weighted by Crippen LogP contribution is -2.38. The molecule has 0 unspecified atom stereocenters. The van der Waals surface area contributed by atoms with Gasteiger partial charge >= 0.3 is 0 Å². The molecule has 8 N–H and O–H groups in total. The lowest BCUT2D eigenvalue weighted by Gasteiger charge is -2.25. The Bertz CT molecular complexity index is 4240. The molecule has 9 aromatic rings. The van der Waals surface area contributed by atoms with Gasteiger partial charge in [0.1, 0.15) is 36.2 Å². The number of rotatable bonds is 30. The topological polar surface area (TPSA) is 190 Å². The van der Waals surface area contributed by atoms with Crippen molar-refractivity contribution in [2.24, 2.45) is 23.7 Å². The van der Waals surface area contributed by atoms with Crippen LogP contribution in [0.1, 0.15) is 95.0 Å². The number of hydrogen-bond donors (Lipinski definition) is 8. The quantitative estimate of drug-likeness (QED) is 0.0157. The molecule has 540 valence electrons. The summed E-state index contributed by atoms with van der Waals surface area (Å²) in [5.74, 6) is 4.99. The normalized spacial score (nSPS) is 18.8. The number of anilines is 1. The number of phenolic OH excluding ortho intramolecular Hbond substituents is 2. The SMILES string of the molecule is O=C(CN1C[C@H]2CNC[C@H]2C1)Nc1ccc(/C(=C(/CCCO)c2ccccc2)c2ccc(O)cc2)cc1.OCCC/C(=C(\c1ccc(Br)cc1)c1ccc(OCCN2CC2)cc1)c1ccccc1.OCCC/C(=C(\c1ccc(O)cc1)c1ccc(OCCN2C[C@H]3C[C@H]3[C@H]2CO)cc1)c1ccccc1. The van der Waals surface area contributed by atoms with E-state index in [0.717, 1.165) is 166 Å². The molecule has 4 heterocycles. The smallest absolute Gasteiger partial charge is 0.238 e. The first kappa shape index (κ1) is 74.7. The molecule has 15 heteroatoms. The van der Waals surface area contributed by atoms with Crippen LogP contribution in [0.15, 0.2) is 241 Å². The minimum atomic E-state index is 0.0166. The van der Waals surface area contributed by atoms with E-state index < -0.39 is 0 Å². The van der Waals surface area contributed by atoms with E-state index in [1.54, 1.807) is 24.3 Å². The third-order valence-electron chi connectivity index (χ3n) is 20.5. The number of aromatic hydroxyl groups is 2. The van der Waals surface area contributed by atoms with Gasteiger partial charge in [-0.25, -0.2) is 0 Å². The average molecular weight is 1460 g/mol. The van der Waals surface area contributed by atoms with Gasteiger partial charge in [-0.1, -0.05) is 180 Å². The summed E-state index contributed by atoms with van der Waals surface area (Å²) >= 11 is 3.55. The lowest BCUT2D eigenvalue weighted by atomic mass is 9.87. The zero-order chi connectivity index (χ0) is 72.0. The molecule has 14 rings (SSSR count). The largest absolute Gasteiger partial charge is 0.508 e. The van der Waals surface area contributed by atoms with Gasteiger partial charge in [0, 0.05) is 81.8 Å². The number of ether oxygens (including phenoxy) is 2. The van der Waals surface area contributed by atoms with Crippen molar-refractivity contribution in [2.45, 2.75) is 51.0 Å². The summed E-state index contributed by atoms with van der Waals surface area (Å²) in [6.07, 6.45) is 5.56. The van der Waals surface area contributed by atoms with Crippen molar-refractivity contribution >= 4 is 61.0 Å². The number of aliphatic hydroxyl groups excluding tert-OH is 4. The molecule has 1 saturated carbocycles. The minimum absolute atomic E-state index is 0.0166. The molecule has 4 aliphatic heterocycles. The Kier molecular flexibility index (Phi) is 27.1. The maximum atomic E-state index is 12.7. The molecule has 104 heavy (non-hydrogen) atoms. The van der Waals surface area contributed by atoms with Crippen LogP contribution in [-0.2, 0) is 4.79 Å². The summed E-state index contributed by atoms with van der Waals surface area (Å²) in [7, 11) is 0. The number of aliphatic hydroxyl groups is 4. The lowest BCUT2D eigenvalue weighted by molar-refractivity contribution is -0.117. The van der Waals surface area contributed by atoms with Crippen LogP contribution in [0.2, 0.25) is 0 Å². The number of benzene rings is 9. The van der Waals surface area contributed by atoms with Crippen LogP contribution in [0.4, 0.5) is 5.69 Å².